The number of rotatable bonds is 8. The van der Waals surface area contributed by atoms with Gasteiger partial charge in [-0.25, -0.2) is 0 Å². The number of allylic oxidation sites excluding steroid dienone is 1. The van der Waals surface area contributed by atoms with Crippen LogP contribution in [0.3, 0.4) is 0 Å². The van der Waals surface area contributed by atoms with Crippen molar-refractivity contribution in [1.29, 1.82) is 0 Å². The lowest BCUT2D eigenvalue weighted by atomic mass is 10.0. The summed E-state index contributed by atoms with van der Waals surface area (Å²) in [5, 5.41) is 0. The third-order valence-corrected chi connectivity index (χ3v) is 2.26. The molecule has 13 heavy (non-hydrogen) atoms. The third-order valence-electron chi connectivity index (χ3n) is 2.26. The maximum atomic E-state index is 11.3. The van der Waals surface area contributed by atoms with Crippen LogP contribution in [-0.2, 0) is 4.79 Å². The predicted octanol–water partition coefficient (Wildman–Crippen LogP) is 3.88. The van der Waals surface area contributed by atoms with Crippen LogP contribution >= 0.6 is 0 Å². The van der Waals surface area contributed by atoms with Crippen LogP contribution in [0.1, 0.15) is 58.8 Å². The van der Waals surface area contributed by atoms with Crippen molar-refractivity contribution in [1.82, 2.24) is 0 Å². The van der Waals surface area contributed by atoms with Crippen molar-refractivity contribution >= 4 is 5.78 Å². The highest BCUT2D eigenvalue weighted by Crippen LogP contribution is 2.09. The quantitative estimate of drug-likeness (QED) is 0.411. The summed E-state index contributed by atoms with van der Waals surface area (Å²) in [6.45, 7) is 8.07. The molecule has 0 aromatic carbocycles. The number of Topliss-reactive ketones (excluding diaryl/α,β-unsaturated/α-hetero) is 1. The highest BCUT2D eigenvalue weighted by Gasteiger charge is 2.02. The lowest BCUT2D eigenvalue weighted by molar-refractivity contribution is -0.118. The Morgan fingerprint density at radius 1 is 1.15 bits per heavy atom. The molecule has 0 aromatic heterocycles. The highest BCUT2D eigenvalue weighted by molar-refractivity contribution is 5.80. The van der Waals surface area contributed by atoms with Crippen LogP contribution in [0.4, 0.5) is 0 Å². The minimum absolute atomic E-state index is 0.364. The van der Waals surface area contributed by atoms with E-state index in [1.54, 1.807) is 0 Å². The van der Waals surface area contributed by atoms with E-state index in [9.17, 15) is 4.79 Å². The van der Waals surface area contributed by atoms with Crippen LogP contribution in [-0.4, -0.2) is 5.78 Å². The molecule has 0 rings (SSSR count). The largest absolute Gasteiger partial charge is 0.299 e. The van der Waals surface area contributed by atoms with E-state index in [1.165, 1.54) is 19.3 Å². The van der Waals surface area contributed by atoms with Crippen LogP contribution < -0.4 is 0 Å². The van der Waals surface area contributed by atoms with Gasteiger partial charge in [-0.15, -0.1) is 0 Å². The van der Waals surface area contributed by atoms with Gasteiger partial charge in [0.15, 0.2) is 0 Å². The van der Waals surface area contributed by atoms with E-state index in [4.69, 9.17) is 0 Å². The van der Waals surface area contributed by atoms with E-state index in [1.807, 2.05) is 6.92 Å². The summed E-state index contributed by atoms with van der Waals surface area (Å²) in [6.07, 6.45) is 7.02. The fraction of sp³-hybridized carbons (Fsp3) is 0.750. The van der Waals surface area contributed by atoms with Gasteiger partial charge in [0.2, 0.25) is 0 Å². The van der Waals surface area contributed by atoms with E-state index in [-0.39, 0.29) is 0 Å². The Kier molecular flexibility index (Phi) is 7.66. The first kappa shape index (κ1) is 12.4. The molecule has 1 nitrogen and oxygen atoms in total. The zero-order valence-corrected chi connectivity index (χ0v) is 9.07. The summed E-state index contributed by atoms with van der Waals surface area (Å²) in [5.74, 6) is 0.364. The molecule has 0 heterocycles. The van der Waals surface area contributed by atoms with E-state index < -0.39 is 0 Å². The van der Waals surface area contributed by atoms with Crippen molar-refractivity contribution in [3.63, 3.8) is 0 Å². The van der Waals surface area contributed by atoms with Gasteiger partial charge in [-0.05, 0) is 12.8 Å². The Balaban J connectivity index is 3.35. The van der Waals surface area contributed by atoms with E-state index in [0.717, 1.165) is 24.8 Å². The number of hydrogen-bond acceptors (Lipinski definition) is 1. The zero-order chi connectivity index (χ0) is 10.1. The maximum absolute atomic E-state index is 11.3. The first-order valence-corrected chi connectivity index (χ1v) is 5.39. The molecule has 1 heteroatoms. The summed E-state index contributed by atoms with van der Waals surface area (Å²) in [4.78, 5) is 11.3. The van der Waals surface area contributed by atoms with Gasteiger partial charge in [0, 0.05) is 12.8 Å². The summed E-state index contributed by atoms with van der Waals surface area (Å²) in [5.41, 5.74) is 1.07. The molecule has 0 spiro atoms. The molecule has 0 atom stereocenters. The van der Waals surface area contributed by atoms with Crippen LogP contribution in [0.2, 0.25) is 0 Å². The number of carbonyl (C=O) groups is 1. The van der Waals surface area contributed by atoms with Crippen molar-refractivity contribution in [3.8, 4) is 0 Å². The van der Waals surface area contributed by atoms with Gasteiger partial charge in [0.1, 0.15) is 5.78 Å². The normalized spacial score (nSPS) is 10.0. The molecule has 0 fully saturated rings. The van der Waals surface area contributed by atoms with Gasteiger partial charge in [-0.3, -0.25) is 4.79 Å². The van der Waals surface area contributed by atoms with Gasteiger partial charge in [-0.2, -0.15) is 0 Å². The summed E-state index contributed by atoms with van der Waals surface area (Å²) >= 11 is 0. The fourth-order valence-electron chi connectivity index (χ4n) is 1.24. The second-order valence-electron chi connectivity index (χ2n) is 3.63. The minimum Gasteiger partial charge on any atom is -0.299 e. The van der Waals surface area contributed by atoms with Crippen LogP contribution in [0.5, 0.6) is 0 Å². The van der Waals surface area contributed by atoms with Gasteiger partial charge >= 0.3 is 0 Å². The smallest absolute Gasteiger partial charge is 0.136 e. The zero-order valence-electron chi connectivity index (χ0n) is 9.07. The molecule has 0 bridgehead atoms. The van der Waals surface area contributed by atoms with Crippen molar-refractivity contribution in [3.05, 3.63) is 12.2 Å². The van der Waals surface area contributed by atoms with Gasteiger partial charge in [-0.1, -0.05) is 45.3 Å². The topological polar surface area (TPSA) is 17.1 Å². The average molecular weight is 182 g/mol. The molecule has 0 aliphatic carbocycles. The number of ketones is 1. The molecule has 0 radical (unpaired) electrons. The van der Waals surface area contributed by atoms with Gasteiger partial charge < -0.3 is 0 Å². The molecule has 0 amide bonds. The molecular weight excluding hydrogens is 160 g/mol. The molecular formula is C12H22O. The van der Waals surface area contributed by atoms with E-state index >= 15 is 0 Å². The molecule has 0 N–H and O–H groups in total. The minimum atomic E-state index is 0.364. The molecule has 0 aliphatic heterocycles. The number of hydrogen-bond donors (Lipinski definition) is 0. The Hall–Kier alpha value is -0.590. The summed E-state index contributed by atoms with van der Waals surface area (Å²) in [6, 6.07) is 0. The Morgan fingerprint density at radius 3 is 2.38 bits per heavy atom. The Morgan fingerprint density at radius 2 is 1.85 bits per heavy atom. The summed E-state index contributed by atoms with van der Waals surface area (Å²) < 4.78 is 0. The van der Waals surface area contributed by atoms with E-state index in [0.29, 0.717) is 12.2 Å². The predicted molar refractivity (Wildman–Crippen MR) is 57.8 cm³/mol. The fourth-order valence-corrected chi connectivity index (χ4v) is 1.24. The Bertz CT molecular complexity index is 159. The number of carbonyl (C=O) groups excluding carboxylic acids is 1. The molecule has 0 aliphatic rings. The standard InChI is InChI=1S/C12H22O/c1-4-6-7-8-9-12(13)10-11(3)5-2/h3-10H2,1-2H3. The molecule has 0 aromatic rings. The maximum Gasteiger partial charge on any atom is 0.136 e. The summed E-state index contributed by atoms with van der Waals surface area (Å²) in [7, 11) is 0. The monoisotopic (exact) mass is 182 g/mol. The van der Waals surface area contributed by atoms with E-state index in [2.05, 4.69) is 13.5 Å². The van der Waals surface area contributed by atoms with Crippen LogP contribution in [0, 0.1) is 0 Å². The third kappa shape index (κ3) is 7.76. The number of unbranched alkanes of at least 4 members (excludes halogenated alkanes) is 3. The SMILES string of the molecule is C=C(CC)CC(=O)CCCCCC. The van der Waals surface area contributed by atoms with Crippen LogP contribution in [0.15, 0.2) is 12.2 Å². The second-order valence-corrected chi connectivity index (χ2v) is 3.63. The second kappa shape index (κ2) is 8.03. The van der Waals surface area contributed by atoms with Crippen molar-refractivity contribution in [2.45, 2.75) is 58.8 Å². The van der Waals surface area contributed by atoms with Crippen molar-refractivity contribution in [2.75, 3.05) is 0 Å². The Labute approximate surface area is 82.2 Å². The van der Waals surface area contributed by atoms with Crippen molar-refractivity contribution < 1.29 is 4.79 Å². The van der Waals surface area contributed by atoms with Crippen molar-refractivity contribution in [2.24, 2.45) is 0 Å². The highest BCUT2D eigenvalue weighted by atomic mass is 16.1. The van der Waals surface area contributed by atoms with Crippen LogP contribution in [0.25, 0.3) is 0 Å². The van der Waals surface area contributed by atoms with Gasteiger partial charge in [0.05, 0.1) is 0 Å². The van der Waals surface area contributed by atoms with Gasteiger partial charge in [0.25, 0.3) is 0 Å². The lowest BCUT2D eigenvalue weighted by Gasteiger charge is -2.01. The average Bonchev–Trinajstić information content (AvgIpc) is 2.12. The molecule has 0 saturated heterocycles. The lowest BCUT2D eigenvalue weighted by Crippen LogP contribution is -1.98. The first-order valence-electron chi connectivity index (χ1n) is 5.39. The molecule has 0 saturated carbocycles. The first-order chi connectivity index (χ1) is 6.20. The molecule has 0 unspecified atom stereocenters. The molecule has 76 valence electrons.